The number of benzene rings is 1. The van der Waals surface area contributed by atoms with E-state index in [-0.39, 0.29) is 13.0 Å². The number of anilines is 1. The smallest absolute Gasteiger partial charge is 0.326 e. The lowest BCUT2D eigenvalue weighted by Crippen LogP contribution is -2.43. The molecule has 1 heterocycles. The fourth-order valence-corrected chi connectivity index (χ4v) is 2.44. The van der Waals surface area contributed by atoms with Gasteiger partial charge in [-0.2, -0.15) is 0 Å². The molecule has 0 unspecified atom stereocenters. The van der Waals surface area contributed by atoms with Crippen molar-refractivity contribution in [2.24, 2.45) is 0 Å². The minimum Gasteiger partial charge on any atom is -0.480 e. The van der Waals surface area contributed by atoms with Gasteiger partial charge in [0.15, 0.2) is 0 Å². The molecule has 3 N–H and O–H groups in total. The number of halogens is 1. The molecule has 7 heteroatoms. The first-order valence-corrected chi connectivity index (χ1v) is 6.92. The quantitative estimate of drug-likeness (QED) is 0.764. The first-order valence-electron chi connectivity index (χ1n) is 6.13. The highest BCUT2D eigenvalue weighted by molar-refractivity contribution is 9.10. The molecular weight excluding hydrogens is 328 g/mol. The normalized spacial score (nSPS) is 21.9. The lowest BCUT2D eigenvalue weighted by molar-refractivity contribution is -0.141. The van der Waals surface area contributed by atoms with Gasteiger partial charge in [0, 0.05) is 23.1 Å². The number of nitrogens with one attached hydrogen (secondary N) is 1. The summed E-state index contributed by atoms with van der Waals surface area (Å²) in [5.74, 6) is -1.11. The molecule has 1 aromatic carbocycles. The van der Waals surface area contributed by atoms with Crippen molar-refractivity contribution in [2.75, 3.05) is 11.9 Å². The second kappa shape index (κ2) is 5.80. The SMILES string of the molecule is Cc1cc(NC(=O)N2C[C@H](O)C[C@H]2C(=O)O)ccc1Br. The van der Waals surface area contributed by atoms with Crippen LogP contribution >= 0.6 is 15.9 Å². The van der Waals surface area contributed by atoms with E-state index in [1.165, 1.54) is 0 Å². The van der Waals surface area contributed by atoms with Crippen LogP contribution in [0.4, 0.5) is 10.5 Å². The van der Waals surface area contributed by atoms with Gasteiger partial charge in [-0.3, -0.25) is 0 Å². The van der Waals surface area contributed by atoms with E-state index >= 15 is 0 Å². The Morgan fingerprint density at radius 1 is 1.45 bits per heavy atom. The number of rotatable bonds is 2. The number of aliphatic hydroxyl groups excluding tert-OH is 1. The summed E-state index contributed by atoms with van der Waals surface area (Å²) >= 11 is 3.36. The highest BCUT2D eigenvalue weighted by Crippen LogP contribution is 2.22. The number of hydrogen-bond donors (Lipinski definition) is 3. The van der Waals surface area contributed by atoms with E-state index in [1.807, 2.05) is 6.92 Å². The molecule has 20 heavy (non-hydrogen) atoms. The molecule has 2 amide bonds. The van der Waals surface area contributed by atoms with Gasteiger partial charge in [0.05, 0.1) is 6.10 Å². The Hall–Kier alpha value is -1.60. The Labute approximate surface area is 124 Å². The zero-order valence-electron chi connectivity index (χ0n) is 10.8. The van der Waals surface area contributed by atoms with E-state index in [1.54, 1.807) is 18.2 Å². The third-order valence-electron chi connectivity index (χ3n) is 3.23. The summed E-state index contributed by atoms with van der Waals surface area (Å²) in [4.78, 5) is 24.3. The van der Waals surface area contributed by atoms with Crippen molar-refractivity contribution in [1.29, 1.82) is 0 Å². The van der Waals surface area contributed by atoms with Gasteiger partial charge < -0.3 is 20.4 Å². The largest absolute Gasteiger partial charge is 0.480 e. The number of hydrogen-bond acceptors (Lipinski definition) is 3. The monoisotopic (exact) mass is 342 g/mol. The zero-order chi connectivity index (χ0) is 14.9. The third-order valence-corrected chi connectivity index (χ3v) is 4.12. The molecule has 0 aromatic heterocycles. The Morgan fingerprint density at radius 3 is 2.75 bits per heavy atom. The molecule has 1 saturated heterocycles. The Morgan fingerprint density at radius 2 is 2.15 bits per heavy atom. The molecular formula is C13H15BrN2O4. The first kappa shape index (κ1) is 14.8. The second-order valence-electron chi connectivity index (χ2n) is 4.79. The number of carbonyl (C=O) groups is 2. The summed E-state index contributed by atoms with van der Waals surface area (Å²) in [5, 5.41) is 21.2. The van der Waals surface area contributed by atoms with Crippen molar-refractivity contribution in [1.82, 2.24) is 4.90 Å². The van der Waals surface area contributed by atoms with Crippen LogP contribution < -0.4 is 5.32 Å². The van der Waals surface area contributed by atoms with Gasteiger partial charge in [0.1, 0.15) is 6.04 Å². The van der Waals surface area contributed by atoms with Crippen molar-refractivity contribution in [3.8, 4) is 0 Å². The molecule has 1 aliphatic heterocycles. The van der Waals surface area contributed by atoms with E-state index in [0.717, 1.165) is 14.9 Å². The maximum atomic E-state index is 12.1. The molecule has 1 aliphatic rings. The van der Waals surface area contributed by atoms with Crippen LogP contribution in [0.1, 0.15) is 12.0 Å². The van der Waals surface area contributed by atoms with Crippen LogP contribution in [0.15, 0.2) is 22.7 Å². The number of carboxylic acid groups (broad SMARTS) is 1. The fraction of sp³-hybridized carbons (Fsp3) is 0.385. The number of carbonyl (C=O) groups excluding carboxylic acids is 1. The average molecular weight is 343 g/mol. The second-order valence-corrected chi connectivity index (χ2v) is 5.64. The topological polar surface area (TPSA) is 89.9 Å². The van der Waals surface area contributed by atoms with Crippen LogP contribution in [-0.2, 0) is 4.79 Å². The maximum absolute atomic E-state index is 12.1. The summed E-state index contributed by atoms with van der Waals surface area (Å²) in [7, 11) is 0. The van der Waals surface area contributed by atoms with Crippen LogP contribution in [0.3, 0.4) is 0 Å². The number of nitrogens with zero attached hydrogens (tertiary/aromatic N) is 1. The summed E-state index contributed by atoms with van der Waals surface area (Å²) in [5.41, 5.74) is 1.54. The predicted octanol–water partition coefficient (Wildman–Crippen LogP) is 1.81. The molecule has 2 rings (SSSR count). The standard InChI is InChI=1S/C13H15BrN2O4/c1-7-4-8(2-3-10(7)14)15-13(20)16-6-9(17)5-11(16)12(18)19/h2-4,9,11,17H,5-6H2,1H3,(H,15,20)(H,18,19)/t9-,11+/m1/s1. The van der Waals surface area contributed by atoms with E-state index < -0.39 is 24.1 Å². The number of likely N-dealkylation sites (tertiary alicyclic amines) is 1. The van der Waals surface area contributed by atoms with Crippen LogP contribution in [-0.4, -0.2) is 45.8 Å². The Kier molecular flexibility index (Phi) is 4.29. The van der Waals surface area contributed by atoms with Crippen LogP contribution in [0.2, 0.25) is 0 Å². The van der Waals surface area contributed by atoms with E-state index in [2.05, 4.69) is 21.2 Å². The van der Waals surface area contributed by atoms with Gasteiger partial charge >= 0.3 is 12.0 Å². The van der Waals surface area contributed by atoms with Gasteiger partial charge in [0.25, 0.3) is 0 Å². The van der Waals surface area contributed by atoms with Crippen molar-refractivity contribution >= 4 is 33.6 Å². The van der Waals surface area contributed by atoms with Crippen molar-refractivity contribution in [3.05, 3.63) is 28.2 Å². The fourth-order valence-electron chi connectivity index (χ4n) is 2.19. The molecule has 2 atom stereocenters. The molecule has 0 spiro atoms. The lowest BCUT2D eigenvalue weighted by atomic mass is 10.2. The Bertz CT molecular complexity index is 549. The van der Waals surface area contributed by atoms with Crippen LogP contribution in [0.5, 0.6) is 0 Å². The number of amides is 2. The number of aliphatic carboxylic acids is 1. The maximum Gasteiger partial charge on any atom is 0.326 e. The first-order chi connectivity index (χ1) is 9.38. The van der Waals surface area contributed by atoms with Gasteiger partial charge in [-0.05, 0) is 30.7 Å². The lowest BCUT2D eigenvalue weighted by Gasteiger charge is -2.21. The number of aryl methyl sites for hydroxylation is 1. The number of urea groups is 1. The van der Waals surface area contributed by atoms with E-state index in [9.17, 15) is 14.7 Å². The van der Waals surface area contributed by atoms with Gasteiger partial charge in [0.2, 0.25) is 0 Å². The molecule has 1 fully saturated rings. The summed E-state index contributed by atoms with van der Waals surface area (Å²) in [6.45, 7) is 1.91. The van der Waals surface area contributed by atoms with Crippen LogP contribution in [0, 0.1) is 6.92 Å². The third kappa shape index (κ3) is 3.10. The minimum atomic E-state index is -1.11. The summed E-state index contributed by atoms with van der Waals surface area (Å²) < 4.78 is 0.926. The predicted molar refractivity (Wildman–Crippen MR) is 76.7 cm³/mol. The zero-order valence-corrected chi connectivity index (χ0v) is 12.4. The molecule has 0 aliphatic carbocycles. The number of β-amino-alcohol motifs (C(OH)–C–C–N with tert-alkyl or cyclic N) is 1. The highest BCUT2D eigenvalue weighted by atomic mass is 79.9. The van der Waals surface area contributed by atoms with Crippen molar-refractivity contribution in [3.63, 3.8) is 0 Å². The molecule has 0 bridgehead atoms. The van der Waals surface area contributed by atoms with Crippen molar-refractivity contribution < 1.29 is 19.8 Å². The molecule has 0 radical (unpaired) electrons. The minimum absolute atomic E-state index is 0.0261. The van der Waals surface area contributed by atoms with E-state index in [4.69, 9.17) is 5.11 Å². The number of carboxylic acids is 1. The number of aliphatic hydroxyl groups is 1. The summed E-state index contributed by atoms with van der Waals surface area (Å²) in [6.07, 6.45) is -0.740. The van der Waals surface area contributed by atoms with Gasteiger partial charge in [-0.15, -0.1) is 0 Å². The molecule has 108 valence electrons. The van der Waals surface area contributed by atoms with E-state index in [0.29, 0.717) is 5.69 Å². The molecule has 0 saturated carbocycles. The van der Waals surface area contributed by atoms with Gasteiger partial charge in [-0.1, -0.05) is 15.9 Å². The summed E-state index contributed by atoms with van der Waals surface area (Å²) in [6, 6.07) is 3.80. The van der Waals surface area contributed by atoms with Crippen molar-refractivity contribution in [2.45, 2.75) is 25.5 Å². The Balaban J connectivity index is 2.11. The highest BCUT2D eigenvalue weighted by Gasteiger charge is 2.38. The average Bonchev–Trinajstić information content (AvgIpc) is 2.76. The molecule has 6 nitrogen and oxygen atoms in total. The van der Waals surface area contributed by atoms with Gasteiger partial charge in [-0.25, -0.2) is 9.59 Å². The molecule has 1 aromatic rings. The van der Waals surface area contributed by atoms with Crippen LogP contribution in [0.25, 0.3) is 0 Å².